The Balaban J connectivity index is 1.14. The predicted octanol–water partition coefficient (Wildman–Crippen LogP) is 5.48. The predicted molar refractivity (Wildman–Crippen MR) is 133 cm³/mol. The summed E-state index contributed by atoms with van der Waals surface area (Å²) in [5, 5.41) is 0. The Morgan fingerprint density at radius 3 is 2.75 bits per heavy atom. The van der Waals surface area contributed by atoms with E-state index in [1.54, 1.807) is 5.57 Å². The third kappa shape index (κ3) is 4.19. The Labute approximate surface area is 192 Å². The van der Waals surface area contributed by atoms with Crippen molar-refractivity contribution >= 4 is 6.21 Å². The molecule has 32 heavy (non-hydrogen) atoms. The maximum atomic E-state index is 4.84. The lowest BCUT2D eigenvalue weighted by Gasteiger charge is -2.33. The van der Waals surface area contributed by atoms with Crippen LogP contribution in [-0.4, -0.2) is 48.7 Å². The molecule has 3 aliphatic carbocycles. The second-order valence-electron chi connectivity index (χ2n) is 9.89. The number of rotatable bonds is 5. The molecule has 0 radical (unpaired) electrons. The Morgan fingerprint density at radius 1 is 0.969 bits per heavy atom. The number of dihydropyridines is 1. The minimum absolute atomic E-state index is 0.434. The van der Waals surface area contributed by atoms with Gasteiger partial charge in [0.15, 0.2) is 0 Å². The van der Waals surface area contributed by atoms with E-state index in [0.29, 0.717) is 11.8 Å². The summed E-state index contributed by atoms with van der Waals surface area (Å²) >= 11 is 0. The van der Waals surface area contributed by atoms with E-state index in [4.69, 9.17) is 4.99 Å². The first-order valence-corrected chi connectivity index (χ1v) is 12.4. The summed E-state index contributed by atoms with van der Waals surface area (Å²) in [5.41, 5.74) is 7.24. The summed E-state index contributed by atoms with van der Waals surface area (Å²) in [7, 11) is 0. The van der Waals surface area contributed by atoms with Crippen molar-refractivity contribution < 1.29 is 0 Å². The molecule has 0 bridgehead atoms. The van der Waals surface area contributed by atoms with Gasteiger partial charge in [-0.3, -0.25) is 9.89 Å². The van der Waals surface area contributed by atoms with Crippen molar-refractivity contribution in [3.05, 3.63) is 94.9 Å². The van der Waals surface area contributed by atoms with Crippen molar-refractivity contribution in [3.8, 4) is 0 Å². The highest BCUT2D eigenvalue weighted by Crippen LogP contribution is 2.45. The van der Waals surface area contributed by atoms with Gasteiger partial charge in [0.25, 0.3) is 0 Å². The minimum Gasteiger partial charge on any atom is -0.369 e. The summed E-state index contributed by atoms with van der Waals surface area (Å²) in [4.78, 5) is 10.1. The third-order valence-corrected chi connectivity index (χ3v) is 7.57. The number of aliphatic imine (C=N–C) groups is 1. The highest BCUT2D eigenvalue weighted by molar-refractivity contribution is 5.74. The van der Waals surface area contributed by atoms with Crippen LogP contribution in [0.4, 0.5) is 0 Å². The molecule has 1 unspecified atom stereocenters. The molecule has 2 fully saturated rings. The molecule has 0 spiro atoms. The maximum Gasteiger partial charge on any atom is 0.0708 e. The smallest absolute Gasteiger partial charge is 0.0708 e. The lowest BCUT2D eigenvalue weighted by Crippen LogP contribution is -2.32. The zero-order chi connectivity index (χ0) is 21.3. The summed E-state index contributed by atoms with van der Waals surface area (Å²) in [6, 6.07) is 10.8. The maximum absolute atomic E-state index is 4.84. The largest absolute Gasteiger partial charge is 0.369 e. The minimum atomic E-state index is 0.434. The molecule has 5 aliphatic rings. The van der Waals surface area contributed by atoms with Crippen molar-refractivity contribution in [2.45, 2.75) is 31.6 Å². The molecule has 1 aromatic rings. The highest BCUT2D eigenvalue weighted by atomic mass is 15.2. The fourth-order valence-corrected chi connectivity index (χ4v) is 5.65. The van der Waals surface area contributed by atoms with Gasteiger partial charge in [-0.25, -0.2) is 0 Å². The molecule has 3 heteroatoms. The van der Waals surface area contributed by atoms with E-state index in [1.165, 1.54) is 54.8 Å². The Hall–Kier alpha value is -2.65. The molecule has 2 aliphatic heterocycles. The van der Waals surface area contributed by atoms with Crippen LogP contribution in [0.5, 0.6) is 0 Å². The van der Waals surface area contributed by atoms with Gasteiger partial charge in [0.2, 0.25) is 0 Å². The Morgan fingerprint density at radius 2 is 1.88 bits per heavy atom. The van der Waals surface area contributed by atoms with Crippen LogP contribution in [-0.2, 0) is 0 Å². The zero-order valence-corrected chi connectivity index (χ0v) is 18.9. The first kappa shape index (κ1) is 20.0. The Kier molecular flexibility index (Phi) is 5.44. The number of fused-ring (bicyclic) bond motifs is 1. The topological polar surface area (TPSA) is 18.8 Å². The van der Waals surface area contributed by atoms with Gasteiger partial charge >= 0.3 is 0 Å². The molecule has 6 rings (SSSR count). The standard InChI is InChI=1S/C29H33N3/c1-2-6-23(7-3-1)25-10-9-22(18-25)21-31-14-5-15-32(17-16-31)28-20-27(24-11-12-24)19-26-8-4-13-30-29(26)28/h1-4,6-10,13,18,20,24-26H,5,11-12,14-17,19,21H2/t25-,26?/m0/s1. The summed E-state index contributed by atoms with van der Waals surface area (Å²) in [6.07, 6.45) is 21.3. The summed E-state index contributed by atoms with van der Waals surface area (Å²) in [5.74, 6) is 1.76. The molecule has 1 saturated heterocycles. The average Bonchev–Trinajstić information content (AvgIpc) is 3.63. The first-order valence-electron chi connectivity index (χ1n) is 12.4. The van der Waals surface area contributed by atoms with E-state index in [2.05, 4.69) is 76.6 Å². The number of hydrogen-bond donors (Lipinski definition) is 0. The molecule has 2 atom stereocenters. The molecular formula is C29H33N3. The van der Waals surface area contributed by atoms with Gasteiger partial charge < -0.3 is 4.90 Å². The lowest BCUT2D eigenvalue weighted by molar-refractivity contribution is 0.299. The van der Waals surface area contributed by atoms with Crippen molar-refractivity contribution in [3.63, 3.8) is 0 Å². The normalized spacial score (nSPS) is 27.9. The highest BCUT2D eigenvalue weighted by Gasteiger charge is 2.33. The molecule has 0 N–H and O–H groups in total. The van der Waals surface area contributed by atoms with E-state index >= 15 is 0 Å². The van der Waals surface area contributed by atoms with Crippen LogP contribution in [0.1, 0.15) is 37.2 Å². The van der Waals surface area contributed by atoms with Crippen LogP contribution in [0.2, 0.25) is 0 Å². The van der Waals surface area contributed by atoms with E-state index in [0.717, 1.165) is 32.1 Å². The lowest BCUT2D eigenvalue weighted by atomic mass is 9.86. The fraction of sp³-hybridized carbons (Fsp3) is 0.414. The first-order chi connectivity index (χ1) is 15.8. The quantitative estimate of drug-likeness (QED) is 0.624. The van der Waals surface area contributed by atoms with E-state index in [1.807, 2.05) is 6.21 Å². The molecule has 2 heterocycles. The SMILES string of the molecule is C1=CC2CC(C3CC3)=CC(N3CCCN(CC4=C[C@@H](c5ccccc5)C=C4)CC3)=C2N=C1. The number of hydrogen-bond acceptors (Lipinski definition) is 3. The van der Waals surface area contributed by atoms with E-state index in [9.17, 15) is 0 Å². The zero-order valence-electron chi connectivity index (χ0n) is 18.9. The van der Waals surface area contributed by atoms with Crippen molar-refractivity contribution in [2.75, 3.05) is 32.7 Å². The van der Waals surface area contributed by atoms with E-state index in [-0.39, 0.29) is 0 Å². The van der Waals surface area contributed by atoms with Gasteiger partial charge in [-0.05, 0) is 54.9 Å². The van der Waals surface area contributed by atoms with Crippen molar-refractivity contribution in [1.82, 2.24) is 9.80 Å². The van der Waals surface area contributed by atoms with Gasteiger partial charge in [0.1, 0.15) is 0 Å². The van der Waals surface area contributed by atoms with Crippen LogP contribution < -0.4 is 0 Å². The molecule has 3 nitrogen and oxygen atoms in total. The monoisotopic (exact) mass is 423 g/mol. The second-order valence-corrected chi connectivity index (χ2v) is 9.89. The van der Waals surface area contributed by atoms with Gasteiger partial charge in [-0.15, -0.1) is 0 Å². The molecule has 1 aromatic carbocycles. The van der Waals surface area contributed by atoms with Gasteiger partial charge in [0.05, 0.1) is 11.4 Å². The van der Waals surface area contributed by atoms with Crippen LogP contribution >= 0.6 is 0 Å². The number of nitrogens with zero attached hydrogens (tertiary/aromatic N) is 3. The molecule has 0 amide bonds. The molecule has 1 saturated carbocycles. The average molecular weight is 424 g/mol. The van der Waals surface area contributed by atoms with Crippen LogP contribution in [0.25, 0.3) is 0 Å². The molecule has 0 aromatic heterocycles. The van der Waals surface area contributed by atoms with Crippen molar-refractivity contribution in [2.24, 2.45) is 16.8 Å². The van der Waals surface area contributed by atoms with Gasteiger partial charge in [-0.2, -0.15) is 0 Å². The second kappa shape index (κ2) is 8.71. The fourth-order valence-electron chi connectivity index (χ4n) is 5.65. The Bertz CT molecular complexity index is 1040. The summed E-state index contributed by atoms with van der Waals surface area (Å²) < 4.78 is 0. The number of benzene rings is 1. The molecule has 164 valence electrons. The van der Waals surface area contributed by atoms with Crippen LogP contribution in [0.15, 0.2) is 94.3 Å². The third-order valence-electron chi connectivity index (χ3n) is 7.57. The number of allylic oxidation sites excluding steroid dienone is 6. The van der Waals surface area contributed by atoms with E-state index < -0.39 is 0 Å². The van der Waals surface area contributed by atoms with Gasteiger partial charge in [0, 0.05) is 50.8 Å². The van der Waals surface area contributed by atoms with Gasteiger partial charge in [-0.1, -0.05) is 60.2 Å². The molecular weight excluding hydrogens is 390 g/mol. The van der Waals surface area contributed by atoms with Crippen LogP contribution in [0.3, 0.4) is 0 Å². The van der Waals surface area contributed by atoms with Crippen molar-refractivity contribution in [1.29, 1.82) is 0 Å². The summed E-state index contributed by atoms with van der Waals surface area (Å²) in [6.45, 7) is 5.59. The van der Waals surface area contributed by atoms with Crippen LogP contribution in [0, 0.1) is 11.8 Å².